The zero-order valence-electron chi connectivity index (χ0n) is 16.4. The number of hydrogen-bond acceptors (Lipinski definition) is 3. The van der Waals surface area contributed by atoms with E-state index >= 15 is 0 Å². The summed E-state index contributed by atoms with van der Waals surface area (Å²) in [6.45, 7) is 2.09. The van der Waals surface area contributed by atoms with Gasteiger partial charge in [-0.2, -0.15) is 0 Å². The number of allylic oxidation sites excluding steroid dienone is 2. The second kappa shape index (κ2) is 9.24. The van der Waals surface area contributed by atoms with Gasteiger partial charge in [0.25, 0.3) is 0 Å². The fourth-order valence-corrected chi connectivity index (χ4v) is 3.84. The lowest BCUT2D eigenvalue weighted by atomic mass is 9.69. The zero-order valence-corrected chi connectivity index (χ0v) is 16.4. The van der Waals surface area contributed by atoms with Crippen LogP contribution in [0.3, 0.4) is 0 Å². The van der Waals surface area contributed by atoms with Crippen molar-refractivity contribution in [1.29, 1.82) is 0 Å². The molecule has 0 saturated carbocycles. The summed E-state index contributed by atoms with van der Waals surface area (Å²) in [7, 11) is 0. The highest BCUT2D eigenvalue weighted by Crippen LogP contribution is 2.41. The highest BCUT2D eigenvalue weighted by atomic mass is 16.5. The van der Waals surface area contributed by atoms with E-state index in [1.807, 2.05) is 73.7 Å². The van der Waals surface area contributed by atoms with Crippen LogP contribution in [0.2, 0.25) is 0 Å². The normalized spacial score (nSPS) is 20.6. The van der Waals surface area contributed by atoms with Gasteiger partial charge in [0.1, 0.15) is 12.5 Å². The van der Waals surface area contributed by atoms with Gasteiger partial charge in [-0.15, -0.1) is 0 Å². The quantitative estimate of drug-likeness (QED) is 0.710. The van der Waals surface area contributed by atoms with E-state index in [1.165, 1.54) is 0 Å². The number of amides is 1. The topological polar surface area (TPSA) is 75.6 Å². The summed E-state index contributed by atoms with van der Waals surface area (Å²) in [4.78, 5) is 24.8. The Morgan fingerprint density at radius 1 is 1.07 bits per heavy atom. The Hall–Kier alpha value is -3.34. The SMILES string of the molecule is CCCC1(NC(=O)OCc2ccccc2)C(c2ccccc2)=CC=CC1C(=O)O. The first-order chi connectivity index (χ1) is 14.1. The minimum absolute atomic E-state index is 0.118. The molecule has 2 N–H and O–H groups in total. The second-order valence-corrected chi connectivity index (χ2v) is 7.06. The third kappa shape index (κ3) is 4.57. The molecule has 5 nitrogen and oxygen atoms in total. The van der Waals surface area contributed by atoms with E-state index in [9.17, 15) is 14.7 Å². The van der Waals surface area contributed by atoms with Gasteiger partial charge < -0.3 is 15.2 Å². The van der Waals surface area contributed by atoms with Gasteiger partial charge in [-0.05, 0) is 23.1 Å². The summed E-state index contributed by atoms with van der Waals surface area (Å²) in [5, 5.41) is 12.8. The minimum atomic E-state index is -1.09. The monoisotopic (exact) mass is 391 g/mol. The first kappa shape index (κ1) is 20.4. The number of rotatable bonds is 7. The van der Waals surface area contributed by atoms with E-state index in [0.29, 0.717) is 12.8 Å². The number of carboxylic acid groups (broad SMARTS) is 1. The number of hydrogen-bond donors (Lipinski definition) is 2. The van der Waals surface area contributed by atoms with Gasteiger partial charge in [0.05, 0.1) is 5.54 Å². The highest BCUT2D eigenvalue weighted by molar-refractivity contribution is 5.88. The molecule has 1 amide bonds. The molecule has 2 aromatic rings. The van der Waals surface area contributed by atoms with Gasteiger partial charge in [0.2, 0.25) is 0 Å². The van der Waals surface area contributed by atoms with Crippen molar-refractivity contribution in [3.05, 3.63) is 90.0 Å². The number of benzene rings is 2. The van der Waals surface area contributed by atoms with E-state index in [0.717, 1.165) is 16.7 Å². The number of carboxylic acids is 1. The van der Waals surface area contributed by atoms with Gasteiger partial charge in [-0.25, -0.2) is 4.79 Å². The van der Waals surface area contributed by atoms with Crippen molar-refractivity contribution in [2.75, 3.05) is 0 Å². The molecule has 29 heavy (non-hydrogen) atoms. The summed E-state index contributed by atoms with van der Waals surface area (Å²) in [5.74, 6) is -1.88. The highest BCUT2D eigenvalue weighted by Gasteiger charge is 2.47. The average Bonchev–Trinajstić information content (AvgIpc) is 2.74. The van der Waals surface area contributed by atoms with Crippen LogP contribution >= 0.6 is 0 Å². The van der Waals surface area contributed by atoms with Crippen molar-refractivity contribution in [2.24, 2.45) is 5.92 Å². The van der Waals surface area contributed by atoms with Crippen molar-refractivity contribution in [2.45, 2.75) is 31.9 Å². The molecule has 0 spiro atoms. The van der Waals surface area contributed by atoms with E-state index in [2.05, 4.69) is 5.32 Å². The third-order valence-electron chi connectivity index (χ3n) is 5.11. The van der Waals surface area contributed by atoms with Crippen LogP contribution < -0.4 is 5.32 Å². The van der Waals surface area contributed by atoms with Gasteiger partial charge in [0.15, 0.2) is 0 Å². The Morgan fingerprint density at radius 3 is 2.34 bits per heavy atom. The van der Waals surface area contributed by atoms with E-state index in [1.54, 1.807) is 12.2 Å². The number of nitrogens with one attached hydrogen (secondary N) is 1. The first-order valence-corrected chi connectivity index (χ1v) is 9.73. The first-order valence-electron chi connectivity index (χ1n) is 9.73. The molecule has 1 aliphatic carbocycles. The molecule has 0 heterocycles. The number of aliphatic carboxylic acids is 1. The molecule has 0 aliphatic heterocycles. The fourth-order valence-electron chi connectivity index (χ4n) is 3.84. The van der Waals surface area contributed by atoms with Crippen LogP contribution in [0, 0.1) is 5.92 Å². The molecule has 0 fully saturated rings. The van der Waals surface area contributed by atoms with Crippen molar-refractivity contribution in [1.82, 2.24) is 5.32 Å². The van der Waals surface area contributed by atoms with Crippen molar-refractivity contribution in [3.63, 3.8) is 0 Å². The lowest BCUT2D eigenvalue weighted by Gasteiger charge is -2.42. The van der Waals surface area contributed by atoms with Crippen LogP contribution in [0.5, 0.6) is 0 Å². The van der Waals surface area contributed by atoms with Gasteiger partial charge in [-0.3, -0.25) is 4.79 Å². The van der Waals surface area contributed by atoms with Crippen LogP contribution in [-0.2, 0) is 16.1 Å². The maximum atomic E-state index is 12.7. The number of carbonyl (C=O) groups is 2. The predicted molar refractivity (Wildman–Crippen MR) is 112 cm³/mol. The molecule has 2 atom stereocenters. The minimum Gasteiger partial charge on any atom is -0.481 e. The fraction of sp³-hybridized carbons (Fsp3) is 0.250. The van der Waals surface area contributed by atoms with Crippen molar-refractivity contribution < 1.29 is 19.4 Å². The van der Waals surface area contributed by atoms with Crippen molar-refractivity contribution >= 4 is 17.6 Å². The largest absolute Gasteiger partial charge is 0.481 e. The summed E-state index contributed by atoms with van der Waals surface area (Å²) < 4.78 is 5.42. The van der Waals surface area contributed by atoms with Gasteiger partial charge >= 0.3 is 12.1 Å². The smallest absolute Gasteiger partial charge is 0.408 e. The van der Waals surface area contributed by atoms with E-state index in [4.69, 9.17) is 4.74 Å². The standard InChI is InChI=1S/C24H25NO4/c1-2-16-24(25-23(28)29-17-18-10-5-3-6-11-18)20(19-12-7-4-8-13-19)14-9-15-21(24)22(26)27/h3-15,21H,2,16-17H2,1H3,(H,25,28)(H,26,27). The Kier molecular flexibility index (Phi) is 6.50. The molecule has 5 heteroatoms. The molecule has 0 saturated heterocycles. The molecule has 0 radical (unpaired) electrons. The van der Waals surface area contributed by atoms with Crippen LogP contribution in [0.15, 0.2) is 78.9 Å². The lowest BCUT2D eigenvalue weighted by Crippen LogP contribution is -2.57. The third-order valence-corrected chi connectivity index (χ3v) is 5.11. The summed E-state index contributed by atoms with van der Waals surface area (Å²) in [6.07, 6.45) is 5.78. The zero-order chi connectivity index (χ0) is 20.7. The van der Waals surface area contributed by atoms with Crippen LogP contribution in [-0.4, -0.2) is 22.7 Å². The Bertz CT molecular complexity index is 905. The number of carbonyl (C=O) groups excluding carboxylic acids is 1. The van der Waals surface area contributed by atoms with Crippen LogP contribution in [0.4, 0.5) is 4.79 Å². The lowest BCUT2D eigenvalue weighted by molar-refractivity contribution is -0.141. The van der Waals surface area contributed by atoms with E-state index in [-0.39, 0.29) is 6.61 Å². The molecule has 1 aliphatic rings. The Balaban J connectivity index is 1.92. The molecule has 0 bridgehead atoms. The summed E-state index contributed by atoms with van der Waals surface area (Å²) in [5.41, 5.74) is 1.42. The molecule has 0 aromatic heterocycles. The summed E-state index contributed by atoms with van der Waals surface area (Å²) in [6, 6.07) is 18.9. The molecule has 2 aromatic carbocycles. The number of ether oxygens (including phenoxy) is 1. The predicted octanol–water partition coefficient (Wildman–Crippen LogP) is 4.81. The average molecular weight is 391 g/mol. The van der Waals surface area contributed by atoms with E-state index < -0.39 is 23.5 Å². The molecular weight excluding hydrogens is 366 g/mol. The second-order valence-electron chi connectivity index (χ2n) is 7.06. The maximum absolute atomic E-state index is 12.7. The van der Waals surface area contributed by atoms with Crippen LogP contribution in [0.25, 0.3) is 5.57 Å². The van der Waals surface area contributed by atoms with Crippen molar-refractivity contribution in [3.8, 4) is 0 Å². The molecule has 3 rings (SSSR count). The van der Waals surface area contributed by atoms with Gasteiger partial charge in [-0.1, -0.05) is 92.2 Å². The maximum Gasteiger partial charge on any atom is 0.408 e. The molecule has 2 unspecified atom stereocenters. The molecular formula is C24H25NO4. The summed E-state index contributed by atoms with van der Waals surface area (Å²) >= 11 is 0. The van der Waals surface area contributed by atoms with Gasteiger partial charge in [0, 0.05) is 0 Å². The Labute approximate surface area is 170 Å². The van der Waals surface area contributed by atoms with Crippen LogP contribution in [0.1, 0.15) is 30.9 Å². The Morgan fingerprint density at radius 2 is 1.72 bits per heavy atom. The number of alkyl carbamates (subject to hydrolysis) is 1. The molecule has 150 valence electrons.